The molecule has 0 aliphatic heterocycles. The van der Waals surface area contributed by atoms with E-state index < -0.39 is 12.7 Å². The molecule has 0 saturated heterocycles. The molecule has 0 aliphatic carbocycles. The van der Waals surface area contributed by atoms with Crippen LogP contribution in [0, 0.1) is 0 Å². The number of amides is 1. The molecule has 27 heavy (non-hydrogen) atoms. The van der Waals surface area contributed by atoms with Crippen molar-refractivity contribution in [3.63, 3.8) is 0 Å². The molecule has 1 aromatic carbocycles. The number of carbonyl (C=O) groups is 1. The van der Waals surface area contributed by atoms with Gasteiger partial charge in [0.1, 0.15) is 5.75 Å². The SMILES string of the molecule is CCOP(=S)(OCC)N(C(CC)c1ccccc1OC(C)C)N(C)C(=O)O. The van der Waals surface area contributed by atoms with Crippen LogP contribution in [0.1, 0.15) is 52.6 Å². The van der Waals surface area contributed by atoms with E-state index in [4.69, 9.17) is 25.6 Å². The van der Waals surface area contributed by atoms with Gasteiger partial charge in [0, 0.05) is 12.6 Å². The van der Waals surface area contributed by atoms with Crippen LogP contribution in [-0.4, -0.2) is 47.4 Å². The lowest BCUT2D eigenvalue weighted by molar-refractivity contribution is 0.0226. The maximum absolute atomic E-state index is 11.8. The van der Waals surface area contributed by atoms with E-state index in [9.17, 15) is 9.90 Å². The lowest BCUT2D eigenvalue weighted by atomic mass is 10.0. The third-order valence-electron chi connectivity index (χ3n) is 3.73. The summed E-state index contributed by atoms with van der Waals surface area (Å²) >= 11 is 5.74. The van der Waals surface area contributed by atoms with Gasteiger partial charge in [0.25, 0.3) is 6.64 Å². The van der Waals surface area contributed by atoms with Crippen LogP contribution in [-0.2, 0) is 20.9 Å². The topological polar surface area (TPSA) is 71.5 Å². The fourth-order valence-electron chi connectivity index (χ4n) is 2.74. The van der Waals surface area contributed by atoms with Crippen molar-refractivity contribution >= 4 is 24.5 Å². The predicted octanol–water partition coefficient (Wildman–Crippen LogP) is 5.05. The maximum Gasteiger partial charge on any atom is 0.422 e. The molecule has 0 saturated carbocycles. The van der Waals surface area contributed by atoms with Gasteiger partial charge in [0.05, 0.1) is 25.4 Å². The number of benzene rings is 1. The van der Waals surface area contributed by atoms with Gasteiger partial charge in [-0.25, -0.2) is 9.80 Å². The average molecular weight is 418 g/mol. The first kappa shape index (κ1) is 23.9. The molecule has 0 bridgehead atoms. The highest BCUT2D eigenvalue weighted by Gasteiger charge is 2.40. The molecular weight excluding hydrogens is 387 g/mol. The summed E-state index contributed by atoms with van der Waals surface area (Å²) in [7, 11) is 1.45. The average Bonchev–Trinajstić information content (AvgIpc) is 2.59. The van der Waals surface area contributed by atoms with Gasteiger partial charge in [-0.05, 0) is 52.0 Å². The van der Waals surface area contributed by atoms with Gasteiger partial charge in [-0.1, -0.05) is 25.1 Å². The molecule has 1 amide bonds. The molecule has 7 nitrogen and oxygen atoms in total. The molecule has 1 N–H and O–H groups in total. The Balaban J connectivity index is 3.54. The van der Waals surface area contributed by atoms with Crippen LogP contribution in [0.15, 0.2) is 24.3 Å². The number of ether oxygens (including phenoxy) is 1. The molecule has 0 spiro atoms. The summed E-state index contributed by atoms with van der Waals surface area (Å²) in [5.74, 6) is 0.692. The lowest BCUT2D eigenvalue weighted by Crippen LogP contribution is -2.44. The monoisotopic (exact) mass is 418 g/mol. The van der Waals surface area contributed by atoms with Crippen molar-refractivity contribution in [1.29, 1.82) is 0 Å². The van der Waals surface area contributed by atoms with Gasteiger partial charge < -0.3 is 18.9 Å². The number of nitrogens with zero attached hydrogens (tertiary/aromatic N) is 2. The Labute approximate surface area is 167 Å². The third kappa shape index (κ3) is 6.16. The molecule has 1 rings (SSSR count). The highest BCUT2D eigenvalue weighted by molar-refractivity contribution is 8.08. The summed E-state index contributed by atoms with van der Waals surface area (Å²) in [4.78, 5) is 11.8. The van der Waals surface area contributed by atoms with Crippen molar-refractivity contribution in [1.82, 2.24) is 9.79 Å². The second kappa shape index (κ2) is 11.0. The van der Waals surface area contributed by atoms with Gasteiger partial charge in [0.2, 0.25) is 0 Å². The number of rotatable bonds is 11. The number of para-hydroxylation sites is 1. The zero-order valence-electron chi connectivity index (χ0n) is 16.9. The molecule has 0 heterocycles. The minimum Gasteiger partial charge on any atom is -0.491 e. The molecule has 0 aromatic heterocycles. The molecular formula is C18H31N2O5PS. The molecule has 0 fully saturated rings. The molecule has 1 unspecified atom stereocenters. The van der Waals surface area contributed by atoms with Crippen LogP contribution in [0.4, 0.5) is 4.79 Å². The highest BCUT2D eigenvalue weighted by atomic mass is 32.5. The van der Waals surface area contributed by atoms with Gasteiger partial charge in [-0.3, -0.25) is 0 Å². The summed E-state index contributed by atoms with van der Waals surface area (Å²) in [6.45, 7) is 7.06. The van der Waals surface area contributed by atoms with Gasteiger partial charge in [-0.15, -0.1) is 4.78 Å². The van der Waals surface area contributed by atoms with E-state index in [1.165, 1.54) is 7.05 Å². The van der Waals surface area contributed by atoms with Crippen molar-refractivity contribution < 1.29 is 23.7 Å². The molecule has 0 aliphatic rings. The van der Waals surface area contributed by atoms with E-state index >= 15 is 0 Å². The number of hydrazine groups is 1. The predicted molar refractivity (Wildman–Crippen MR) is 110 cm³/mol. The van der Waals surface area contributed by atoms with Crippen LogP contribution in [0.3, 0.4) is 0 Å². The first-order chi connectivity index (χ1) is 12.7. The quantitative estimate of drug-likeness (QED) is 0.398. The second-order valence-corrected chi connectivity index (χ2v) is 9.31. The third-order valence-corrected chi connectivity index (χ3v) is 7.08. The largest absolute Gasteiger partial charge is 0.491 e. The Morgan fingerprint density at radius 3 is 2.19 bits per heavy atom. The van der Waals surface area contributed by atoms with Gasteiger partial charge in [-0.2, -0.15) is 0 Å². The summed E-state index contributed by atoms with van der Waals surface area (Å²) < 4.78 is 19.1. The fourth-order valence-corrected chi connectivity index (χ4v) is 6.04. The van der Waals surface area contributed by atoms with Crippen LogP contribution in [0.5, 0.6) is 5.75 Å². The van der Waals surface area contributed by atoms with Crippen LogP contribution in [0.25, 0.3) is 0 Å². The standard InChI is InChI=1S/C18H31N2O5PS/c1-7-16(15-12-10-11-13-17(15)25-14(4)5)20(19(6)18(21)22)26(27,23-8-2)24-9-3/h10-14,16H,7-9H2,1-6H3,(H,21,22). The number of carboxylic acid groups (broad SMARTS) is 1. The van der Waals surface area contributed by atoms with E-state index in [-0.39, 0.29) is 12.1 Å². The Kier molecular flexibility index (Phi) is 9.70. The Morgan fingerprint density at radius 1 is 1.19 bits per heavy atom. The van der Waals surface area contributed by atoms with Crippen molar-refractivity contribution in [2.45, 2.75) is 53.2 Å². The fraction of sp³-hybridized carbons (Fsp3) is 0.611. The Hall–Kier alpha value is -1.18. The molecule has 1 aromatic rings. The molecule has 9 heteroatoms. The van der Waals surface area contributed by atoms with Crippen LogP contribution in [0.2, 0.25) is 0 Å². The Bertz CT molecular complexity index is 648. The minimum atomic E-state index is -3.08. The first-order valence-corrected chi connectivity index (χ1v) is 11.7. The summed E-state index contributed by atoms with van der Waals surface area (Å²) in [6.07, 6.45) is -0.560. The zero-order chi connectivity index (χ0) is 20.6. The van der Waals surface area contributed by atoms with Gasteiger partial charge >= 0.3 is 6.09 Å². The van der Waals surface area contributed by atoms with Gasteiger partial charge in [0.15, 0.2) is 0 Å². The zero-order valence-corrected chi connectivity index (χ0v) is 18.6. The minimum absolute atomic E-state index is 0.0175. The highest BCUT2D eigenvalue weighted by Crippen LogP contribution is 2.58. The van der Waals surface area contributed by atoms with Crippen molar-refractivity contribution in [3.8, 4) is 5.75 Å². The molecule has 154 valence electrons. The van der Waals surface area contributed by atoms with E-state index in [2.05, 4.69) is 0 Å². The number of hydrogen-bond acceptors (Lipinski definition) is 5. The van der Waals surface area contributed by atoms with Crippen LogP contribution < -0.4 is 4.74 Å². The Morgan fingerprint density at radius 2 is 1.74 bits per heavy atom. The molecule has 0 radical (unpaired) electrons. The summed E-state index contributed by atoms with van der Waals surface area (Å²) in [5.41, 5.74) is 0.843. The first-order valence-electron chi connectivity index (χ1n) is 9.12. The maximum atomic E-state index is 11.8. The normalized spacial score (nSPS) is 13.0. The smallest absolute Gasteiger partial charge is 0.422 e. The summed E-state index contributed by atoms with van der Waals surface area (Å²) in [5, 5.41) is 10.7. The molecule has 1 atom stereocenters. The van der Waals surface area contributed by atoms with E-state index in [1.807, 2.05) is 58.9 Å². The van der Waals surface area contributed by atoms with Crippen molar-refractivity contribution in [2.24, 2.45) is 0 Å². The second-order valence-electron chi connectivity index (χ2n) is 6.06. The summed E-state index contributed by atoms with van der Waals surface area (Å²) in [6, 6.07) is 7.20. The van der Waals surface area contributed by atoms with Crippen molar-refractivity contribution in [2.75, 3.05) is 20.3 Å². The van der Waals surface area contributed by atoms with E-state index in [0.29, 0.717) is 25.4 Å². The lowest BCUT2D eigenvalue weighted by Gasteiger charge is -2.42. The van der Waals surface area contributed by atoms with E-state index in [1.54, 1.807) is 4.78 Å². The van der Waals surface area contributed by atoms with Crippen LogP contribution >= 0.6 is 6.64 Å². The van der Waals surface area contributed by atoms with Crippen molar-refractivity contribution in [3.05, 3.63) is 29.8 Å². The number of hydrogen-bond donors (Lipinski definition) is 1. The van der Waals surface area contributed by atoms with E-state index in [0.717, 1.165) is 10.6 Å².